The molecule has 1 aliphatic heterocycles. The summed E-state index contributed by atoms with van der Waals surface area (Å²) in [7, 11) is -3.52. The van der Waals surface area contributed by atoms with Crippen molar-refractivity contribution in [2.75, 3.05) is 6.54 Å². The number of hydrogen-bond donors (Lipinski definition) is 2. The minimum Gasteiger partial charge on any atom is -0.355 e. The van der Waals surface area contributed by atoms with Crippen molar-refractivity contribution in [3.8, 4) is 0 Å². The first-order valence-corrected chi connectivity index (χ1v) is 8.10. The van der Waals surface area contributed by atoms with Gasteiger partial charge in [-0.15, -0.1) is 0 Å². The molecule has 2 N–H and O–H groups in total. The van der Waals surface area contributed by atoms with E-state index >= 15 is 0 Å². The molecule has 20 heavy (non-hydrogen) atoms. The lowest BCUT2D eigenvalue weighted by Crippen LogP contribution is -2.47. The number of nitrogens with one attached hydrogen (secondary N) is 2. The summed E-state index contributed by atoms with van der Waals surface area (Å²) in [5, 5.41) is 4.35. The summed E-state index contributed by atoms with van der Waals surface area (Å²) in [5.74, 6) is -0.0443. The van der Waals surface area contributed by atoms with E-state index < -0.39 is 10.0 Å². The third-order valence-corrected chi connectivity index (χ3v) is 4.31. The largest absolute Gasteiger partial charge is 0.355 e. The summed E-state index contributed by atoms with van der Waals surface area (Å²) in [6.45, 7) is 0.326. The first-order chi connectivity index (χ1) is 9.44. The lowest BCUT2D eigenvalue weighted by molar-refractivity contribution is -0.122. The Labute approximate surface area is 123 Å². The zero-order valence-corrected chi connectivity index (χ0v) is 12.2. The second-order valence-electron chi connectivity index (χ2n) is 4.56. The lowest BCUT2D eigenvalue weighted by atomic mass is 10.1. The van der Waals surface area contributed by atoms with E-state index in [9.17, 15) is 13.2 Å². The van der Waals surface area contributed by atoms with Gasteiger partial charge in [-0.1, -0.05) is 23.7 Å². The standard InChI is InChI=1S/C13H15ClN2O3S/c14-11-3-1-10(2-4-11)7-8-20(18,19)16-12-5-6-13(17)15-9-12/h1-4,7-8,12,16H,5-6,9H2,(H,15,17). The molecule has 1 amide bonds. The number of benzene rings is 1. The highest BCUT2D eigenvalue weighted by molar-refractivity contribution is 7.92. The fourth-order valence-corrected chi connectivity index (χ4v) is 3.05. The Morgan fingerprint density at radius 3 is 2.60 bits per heavy atom. The fraction of sp³-hybridized carbons (Fsp3) is 0.308. The van der Waals surface area contributed by atoms with Gasteiger partial charge < -0.3 is 5.32 Å². The van der Waals surface area contributed by atoms with Crippen LogP contribution in [0.4, 0.5) is 0 Å². The number of sulfonamides is 1. The molecule has 1 unspecified atom stereocenters. The molecule has 0 aromatic heterocycles. The second kappa shape index (κ2) is 6.39. The van der Waals surface area contributed by atoms with Gasteiger partial charge in [0.05, 0.1) is 0 Å². The van der Waals surface area contributed by atoms with Crippen LogP contribution in [0.15, 0.2) is 29.7 Å². The molecule has 1 aromatic rings. The second-order valence-corrected chi connectivity index (χ2v) is 6.59. The van der Waals surface area contributed by atoms with E-state index in [0.29, 0.717) is 24.4 Å². The molecular formula is C13H15ClN2O3S. The minimum atomic E-state index is -3.52. The Balaban J connectivity index is 1.96. The first-order valence-electron chi connectivity index (χ1n) is 6.17. The molecule has 1 heterocycles. The molecule has 1 atom stereocenters. The molecule has 1 aliphatic rings. The van der Waals surface area contributed by atoms with Crippen molar-refractivity contribution in [1.82, 2.24) is 10.0 Å². The van der Waals surface area contributed by atoms with E-state index in [4.69, 9.17) is 11.6 Å². The van der Waals surface area contributed by atoms with Gasteiger partial charge in [0.1, 0.15) is 0 Å². The van der Waals surface area contributed by atoms with Crippen LogP contribution in [0.25, 0.3) is 6.08 Å². The Hall–Kier alpha value is -1.37. The van der Waals surface area contributed by atoms with Gasteiger partial charge in [-0.2, -0.15) is 0 Å². The number of piperidine rings is 1. The van der Waals surface area contributed by atoms with Gasteiger partial charge in [0.25, 0.3) is 0 Å². The van der Waals surface area contributed by atoms with Crippen molar-refractivity contribution >= 4 is 33.6 Å². The molecule has 5 nitrogen and oxygen atoms in total. The molecule has 1 fully saturated rings. The normalized spacial score (nSPS) is 20.1. The van der Waals surface area contributed by atoms with Gasteiger partial charge in [0.15, 0.2) is 0 Å². The van der Waals surface area contributed by atoms with Crippen LogP contribution in [-0.2, 0) is 14.8 Å². The van der Waals surface area contributed by atoms with E-state index in [2.05, 4.69) is 10.0 Å². The Bertz CT molecular complexity index is 601. The van der Waals surface area contributed by atoms with Gasteiger partial charge in [-0.25, -0.2) is 13.1 Å². The van der Waals surface area contributed by atoms with Gasteiger partial charge in [-0.3, -0.25) is 4.79 Å². The smallest absolute Gasteiger partial charge is 0.234 e. The molecule has 0 bridgehead atoms. The van der Waals surface area contributed by atoms with E-state index in [-0.39, 0.29) is 11.9 Å². The van der Waals surface area contributed by atoms with Crippen LogP contribution < -0.4 is 10.0 Å². The molecule has 0 spiro atoms. The summed E-state index contributed by atoms with van der Waals surface area (Å²) < 4.78 is 26.3. The van der Waals surface area contributed by atoms with Crippen molar-refractivity contribution in [3.05, 3.63) is 40.3 Å². The fourth-order valence-electron chi connectivity index (χ4n) is 1.85. The topological polar surface area (TPSA) is 75.3 Å². The van der Waals surface area contributed by atoms with Crippen LogP contribution in [0, 0.1) is 0 Å². The maximum atomic E-state index is 11.9. The molecule has 1 saturated heterocycles. The highest BCUT2D eigenvalue weighted by Gasteiger charge is 2.21. The molecular weight excluding hydrogens is 300 g/mol. The van der Waals surface area contributed by atoms with Gasteiger partial charge in [-0.05, 0) is 30.2 Å². The van der Waals surface area contributed by atoms with E-state index in [1.165, 1.54) is 6.08 Å². The summed E-state index contributed by atoms with van der Waals surface area (Å²) in [6, 6.07) is 6.59. The van der Waals surface area contributed by atoms with Gasteiger partial charge >= 0.3 is 0 Å². The van der Waals surface area contributed by atoms with Crippen molar-refractivity contribution < 1.29 is 13.2 Å². The van der Waals surface area contributed by atoms with Crippen LogP contribution in [-0.4, -0.2) is 26.9 Å². The van der Waals surface area contributed by atoms with Crippen LogP contribution in [0.5, 0.6) is 0 Å². The highest BCUT2D eigenvalue weighted by Crippen LogP contribution is 2.11. The summed E-state index contributed by atoms with van der Waals surface area (Å²) in [4.78, 5) is 11.0. The Kier molecular flexibility index (Phi) is 4.80. The predicted octanol–water partition coefficient (Wildman–Crippen LogP) is 1.51. The van der Waals surface area contributed by atoms with E-state index in [1.54, 1.807) is 24.3 Å². The summed E-state index contributed by atoms with van der Waals surface area (Å²) >= 11 is 5.75. The van der Waals surface area contributed by atoms with E-state index in [1.807, 2.05) is 0 Å². The van der Waals surface area contributed by atoms with Crippen molar-refractivity contribution in [2.24, 2.45) is 0 Å². The predicted molar refractivity (Wildman–Crippen MR) is 78.6 cm³/mol. The van der Waals surface area contributed by atoms with Crippen molar-refractivity contribution in [1.29, 1.82) is 0 Å². The maximum Gasteiger partial charge on any atom is 0.234 e. The minimum absolute atomic E-state index is 0.0443. The summed E-state index contributed by atoms with van der Waals surface area (Å²) in [6.07, 6.45) is 2.36. The maximum absolute atomic E-state index is 11.9. The molecule has 0 aliphatic carbocycles. The first kappa shape index (κ1) is 15.0. The SMILES string of the molecule is O=C1CCC(NS(=O)(=O)C=Cc2ccc(Cl)cc2)CN1. The lowest BCUT2D eigenvalue weighted by Gasteiger charge is -2.22. The number of carbonyl (C=O) groups is 1. The average Bonchev–Trinajstić information content (AvgIpc) is 2.41. The van der Waals surface area contributed by atoms with Gasteiger partial charge in [0, 0.05) is 29.4 Å². The van der Waals surface area contributed by atoms with E-state index in [0.717, 1.165) is 11.0 Å². The molecule has 2 rings (SSSR count). The monoisotopic (exact) mass is 314 g/mol. The molecule has 0 saturated carbocycles. The third-order valence-electron chi connectivity index (χ3n) is 2.91. The van der Waals surface area contributed by atoms with Crippen LogP contribution in [0.1, 0.15) is 18.4 Å². The average molecular weight is 315 g/mol. The number of amides is 1. The molecule has 7 heteroatoms. The molecule has 108 valence electrons. The van der Waals surface area contributed by atoms with Crippen LogP contribution >= 0.6 is 11.6 Å². The molecule has 1 aromatic carbocycles. The number of halogens is 1. The zero-order chi connectivity index (χ0) is 14.6. The van der Waals surface area contributed by atoms with Crippen LogP contribution in [0.3, 0.4) is 0 Å². The van der Waals surface area contributed by atoms with Crippen LogP contribution in [0.2, 0.25) is 5.02 Å². The van der Waals surface area contributed by atoms with Crippen molar-refractivity contribution in [3.63, 3.8) is 0 Å². The Morgan fingerprint density at radius 2 is 2.00 bits per heavy atom. The Morgan fingerprint density at radius 1 is 1.30 bits per heavy atom. The zero-order valence-electron chi connectivity index (χ0n) is 10.7. The number of hydrogen-bond acceptors (Lipinski definition) is 3. The number of rotatable bonds is 4. The quantitative estimate of drug-likeness (QED) is 0.884. The van der Waals surface area contributed by atoms with Gasteiger partial charge in [0.2, 0.25) is 15.9 Å². The van der Waals surface area contributed by atoms with Crippen molar-refractivity contribution in [2.45, 2.75) is 18.9 Å². The summed E-state index contributed by atoms with van der Waals surface area (Å²) in [5.41, 5.74) is 0.747. The third kappa shape index (κ3) is 4.63. The highest BCUT2D eigenvalue weighted by atomic mass is 35.5. The molecule has 0 radical (unpaired) electrons. The number of carbonyl (C=O) groups excluding carboxylic acids is 1.